The van der Waals surface area contributed by atoms with Crippen LogP contribution in [-0.4, -0.2) is 47.3 Å². The van der Waals surface area contributed by atoms with E-state index in [1.807, 2.05) is 0 Å². The molecule has 1 aliphatic heterocycles. The summed E-state index contributed by atoms with van der Waals surface area (Å²) in [4.78, 5) is 14.9. The predicted octanol–water partition coefficient (Wildman–Crippen LogP) is 1.57. The van der Waals surface area contributed by atoms with Crippen LogP contribution < -0.4 is 10.2 Å². The van der Waals surface area contributed by atoms with E-state index in [4.69, 9.17) is 16.3 Å². The lowest BCUT2D eigenvalue weighted by atomic mass is 10.2. The van der Waals surface area contributed by atoms with Gasteiger partial charge in [-0.15, -0.1) is 0 Å². The van der Waals surface area contributed by atoms with Gasteiger partial charge in [0.05, 0.1) is 13.2 Å². The zero-order valence-electron chi connectivity index (χ0n) is 11.0. The number of morpholine rings is 1. The van der Waals surface area contributed by atoms with Crippen molar-refractivity contribution in [1.29, 1.82) is 0 Å². The Balaban J connectivity index is 1.74. The lowest BCUT2D eigenvalue weighted by Crippen LogP contribution is -2.37. The Morgan fingerprint density at radius 2 is 2.00 bits per heavy atom. The van der Waals surface area contributed by atoms with E-state index in [1.54, 1.807) is 0 Å². The first-order valence-corrected chi connectivity index (χ1v) is 7.11. The van der Waals surface area contributed by atoms with E-state index in [0.717, 1.165) is 19.0 Å². The van der Waals surface area contributed by atoms with Gasteiger partial charge in [0.15, 0.2) is 0 Å². The van der Waals surface area contributed by atoms with Gasteiger partial charge in [-0.3, -0.25) is 0 Å². The summed E-state index contributed by atoms with van der Waals surface area (Å²) < 4.78 is 5.32. The summed E-state index contributed by atoms with van der Waals surface area (Å²) in [7, 11) is 0. The minimum Gasteiger partial charge on any atom is -0.378 e. The lowest BCUT2D eigenvalue weighted by Gasteiger charge is -2.27. The van der Waals surface area contributed by atoms with Crippen LogP contribution in [0.5, 0.6) is 0 Å². The molecule has 19 heavy (non-hydrogen) atoms. The summed E-state index contributed by atoms with van der Waals surface area (Å²) in [5, 5.41) is 3.56. The monoisotopic (exact) mass is 283 g/mol. The summed E-state index contributed by atoms with van der Waals surface area (Å²) in [6.07, 6.45) is 2.56. The van der Waals surface area contributed by atoms with E-state index in [2.05, 4.69) is 32.1 Å². The highest BCUT2D eigenvalue weighted by atomic mass is 35.5. The van der Waals surface area contributed by atoms with Crippen LogP contribution in [-0.2, 0) is 4.74 Å². The highest BCUT2D eigenvalue weighted by Gasteiger charge is 2.28. The minimum absolute atomic E-state index is 0.238. The fraction of sp³-hybridized carbons (Fsp3) is 0.750. The van der Waals surface area contributed by atoms with Crippen molar-refractivity contribution in [2.45, 2.75) is 25.8 Å². The summed E-state index contributed by atoms with van der Waals surface area (Å²) >= 11 is 5.99. The molecule has 2 aliphatic rings. The van der Waals surface area contributed by atoms with Gasteiger partial charge >= 0.3 is 0 Å². The number of anilines is 2. The maximum absolute atomic E-state index is 5.99. The third-order valence-electron chi connectivity index (χ3n) is 3.58. The van der Waals surface area contributed by atoms with E-state index in [1.165, 1.54) is 12.8 Å². The molecule has 1 unspecified atom stereocenters. The minimum atomic E-state index is 0.238. The molecule has 0 aromatic carbocycles. The van der Waals surface area contributed by atoms with Crippen LogP contribution in [0.1, 0.15) is 19.8 Å². The molecule has 6 nitrogen and oxygen atoms in total. The molecule has 1 saturated carbocycles. The number of nitrogens with one attached hydrogen (secondary N) is 1. The van der Waals surface area contributed by atoms with Crippen molar-refractivity contribution in [2.75, 3.05) is 36.5 Å². The molecule has 1 aromatic heterocycles. The standard InChI is InChI=1S/C12H18ClN5O/c1-8(9-2-3-9)14-11-15-10(13)16-12(17-11)18-4-6-19-7-5-18/h8-9H,2-7H2,1H3,(H,14,15,16,17). The van der Waals surface area contributed by atoms with E-state index < -0.39 is 0 Å². The maximum atomic E-state index is 5.99. The van der Waals surface area contributed by atoms with E-state index in [9.17, 15) is 0 Å². The average Bonchev–Trinajstić information content (AvgIpc) is 3.23. The first kappa shape index (κ1) is 12.9. The van der Waals surface area contributed by atoms with Crippen LogP contribution >= 0.6 is 11.6 Å². The molecule has 0 spiro atoms. The predicted molar refractivity (Wildman–Crippen MR) is 73.7 cm³/mol. The van der Waals surface area contributed by atoms with Crippen molar-refractivity contribution in [3.8, 4) is 0 Å². The van der Waals surface area contributed by atoms with Gasteiger partial charge in [0.2, 0.25) is 17.2 Å². The molecule has 3 rings (SSSR count). The SMILES string of the molecule is CC(Nc1nc(Cl)nc(N2CCOCC2)n1)C1CC1. The number of hydrogen-bond donors (Lipinski definition) is 1. The molecule has 104 valence electrons. The molecule has 2 heterocycles. The summed E-state index contributed by atoms with van der Waals surface area (Å²) in [5.41, 5.74) is 0. The third kappa shape index (κ3) is 3.25. The van der Waals surface area contributed by atoms with Crippen LogP contribution in [0.15, 0.2) is 0 Å². The first-order valence-electron chi connectivity index (χ1n) is 6.73. The zero-order chi connectivity index (χ0) is 13.2. The third-order valence-corrected chi connectivity index (χ3v) is 3.75. The molecular formula is C12H18ClN5O. The van der Waals surface area contributed by atoms with Gasteiger partial charge in [-0.1, -0.05) is 0 Å². The number of halogens is 1. The second-order valence-corrected chi connectivity index (χ2v) is 5.44. The first-order chi connectivity index (χ1) is 9.22. The van der Waals surface area contributed by atoms with Crippen molar-refractivity contribution in [1.82, 2.24) is 15.0 Å². The van der Waals surface area contributed by atoms with Crippen LogP contribution in [0, 0.1) is 5.92 Å². The Kier molecular flexibility index (Phi) is 3.70. The molecule has 0 amide bonds. The van der Waals surface area contributed by atoms with Crippen LogP contribution in [0.3, 0.4) is 0 Å². The van der Waals surface area contributed by atoms with Gasteiger partial charge < -0.3 is 15.0 Å². The lowest BCUT2D eigenvalue weighted by molar-refractivity contribution is 0.122. The molecule has 1 aromatic rings. The number of hydrogen-bond acceptors (Lipinski definition) is 6. The molecule has 2 fully saturated rings. The quantitative estimate of drug-likeness (QED) is 0.905. The second kappa shape index (κ2) is 5.46. The molecular weight excluding hydrogens is 266 g/mol. The van der Waals surface area contributed by atoms with Crippen LogP contribution in [0.2, 0.25) is 5.28 Å². The van der Waals surface area contributed by atoms with Gasteiger partial charge in [0.1, 0.15) is 0 Å². The zero-order valence-corrected chi connectivity index (χ0v) is 11.7. The fourth-order valence-electron chi connectivity index (χ4n) is 2.23. The Morgan fingerprint density at radius 3 is 2.68 bits per heavy atom. The normalized spacial score (nSPS) is 21.3. The molecule has 0 bridgehead atoms. The Labute approximate surface area is 117 Å². The summed E-state index contributed by atoms with van der Waals surface area (Å²) in [6.45, 7) is 5.13. The van der Waals surface area contributed by atoms with Crippen LogP contribution in [0.4, 0.5) is 11.9 Å². The Morgan fingerprint density at radius 1 is 1.26 bits per heavy atom. The molecule has 1 saturated heterocycles. The van der Waals surface area contributed by atoms with Gasteiger partial charge in [0.25, 0.3) is 0 Å². The van der Waals surface area contributed by atoms with E-state index >= 15 is 0 Å². The van der Waals surface area contributed by atoms with Crippen molar-refractivity contribution in [3.63, 3.8) is 0 Å². The highest BCUT2D eigenvalue weighted by Crippen LogP contribution is 2.33. The second-order valence-electron chi connectivity index (χ2n) is 5.10. The van der Waals surface area contributed by atoms with Crippen molar-refractivity contribution >= 4 is 23.5 Å². The number of nitrogens with zero attached hydrogens (tertiary/aromatic N) is 4. The number of aromatic nitrogens is 3. The molecule has 1 N–H and O–H groups in total. The van der Waals surface area contributed by atoms with Crippen LogP contribution in [0.25, 0.3) is 0 Å². The van der Waals surface area contributed by atoms with Crippen molar-refractivity contribution < 1.29 is 4.74 Å². The Hall–Kier alpha value is -1.14. The highest BCUT2D eigenvalue weighted by molar-refractivity contribution is 6.28. The Bertz CT molecular complexity index is 448. The fourth-order valence-corrected chi connectivity index (χ4v) is 2.38. The average molecular weight is 284 g/mol. The molecule has 1 atom stereocenters. The van der Waals surface area contributed by atoms with Crippen molar-refractivity contribution in [3.05, 3.63) is 5.28 Å². The smallest absolute Gasteiger partial charge is 0.231 e. The maximum Gasteiger partial charge on any atom is 0.231 e. The topological polar surface area (TPSA) is 63.2 Å². The molecule has 1 aliphatic carbocycles. The van der Waals surface area contributed by atoms with Crippen molar-refractivity contribution in [2.24, 2.45) is 5.92 Å². The largest absolute Gasteiger partial charge is 0.378 e. The molecule has 0 radical (unpaired) electrons. The number of ether oxygens (including phenoxy) is 1. The summed E-state index contributed by atoms with van der Waals surface area (Å²) in [5.74, 6) is 1.94. The van der Waals surface area contributed by atoms with E-state index in [0.29, 0.717) is 31.2 Å². The van der Waals surface area contributed by atoms with Gasteiger partial charge in [-0.2, -0.15) is 15.0 Å². The van der Waals surface area contributed by atoms with Gasteiger partial charge in [-0.25, -0.2) is 0 Å². The van der Waals surface area contributed by atoms with E-state index in [-0.39, 0.29) is 5.28 Å². The van der Waals surface area contributed by atoms with Gasteiger partial charge in [-0.05, 0) is 37.3 Å². The molecule has 7 heteroatoms. The summed E-state index contributed by atoms with van der Waals surface area (Å²) in [6, 6.07) is 0.385. The van der Waals surface area contributed by atoms with Gasteiger partial charge in [0, 0.05) is 19.1 Å². The number of rotatable bonds is 4.